The standard InChI is InChI=1S/C20H20FN5O2S2/c1-20(10-30(27,28)26(2)19(22)25-20)18-15(21)13-7-8-23-16(17(13)29-18)12-5-6-14(24-9-12)11-3-4-11/h5-9,11H,3-4,10H2,1-2H3,(H2,22,25)/t20-/m0/s1. The molecule has 0 spiro atoms. The summed E-state index contributed by atoms with van der Waals surface area (Å²) >= 11 is 1.17. The molecular formula is C20H20FN5O2S2. The summed E-state index contributed by atoms with van der Waals surface area (Å²) in [5, 5.41) is 0.387. The van der Waals surface area contributed by atoms with Crippen molar-refractivity contribution >= 4 is 37.4 Å². The minimum Gasteiger partial charge on any atom is -0.369 e. The molecule has 156 valence electrons. The number of hydrogen-bond acceptors (Lipinski definition) is 7. The van der Waals surface area contributed by atoms with E-state index in [-0.39, 0.29) is 16.6 Å². The maximum absolute atomic E-state index is 15.5. The Labute approximate surface area is 177 Å². The molecule has 1 fully saturated rings. The van der Waals surface area contributed by atoms with Crippen LogP contribution in [-0.2, 0) is 15.6 Å². The monoisotopic (exact) mass is 445 g/mol. The van der Waals surface area contributed by atoms with Gasteiger partial charge in [0.1, 0.15) is 11.4 Å². The van der Waals surface area contributed by atoms with Gasteiger partial charge >= 0.3 is 0 Å². The predicted molar refractivity (Wildman–Crippen MR) is 115 cm³/mol. The average Bonchev–Trinajstić information content (AvgIpc) is 3.49. The van der Waals surface area contributed by atoms with E-state index in [9.17, 15) is 8.42 Å². The minimum absolute atomic E-state index is 0.154. The molecule has 1 aliphatic carbocycles. The SMILES string of the molecule is CN1C(N)=N[C@](C)(c2sc3c(-c4ccc(C5CC5)nc4)nccc3c2F)CS1(=O)=O. The van der Waals surface area contributed by atoms with Gasteiger partial charge in [0.25, 0.3) is 0 Å². The predicted octanol–water partition coefficient (Wildman–Crippen LogP) is 3.18. The lowest BCUT2D eigenvalue weighted by Crippen LogP contribution is -2.50. The summed E-state index contributed by atoms with van der Waals surface area (Å²) in [4.78, 5) is 13.6. The molecule has 0 amide bonds. The van der Waals surface area contributed by atoms with Crippen LogP contribution in [0.1, 0.15) is 36.3 Å². The Morgan fingerprint density at radius 1 is 1.27 bits per heavy atom. The molecule has 7 nitrogen and oxygen atoms in total. The summed E-state index contributed by atoms with van der Waals surface area (Å²) in [6, 6.07) is 5.55. The largest absolute Gasteiger partial charge is 0.369 e. The molecule has 2 aliphatic rings. The van der Waals surface area contributed by atoms with E-state index < -0.39 is 21.4 Å². The van der Waals surface area contributed by atoms with Crippen molar-refractivity contribution in [1.82, 2.24) is 14.3 Å². The summed E-state index contributed by atoms with van der Waals surface area (Å²) in [6.45, 7) is 1.59. The van der Waals surface area contributed by atoms with Gasteiger partial charge in [-0.15, -0.1) is 11.3 Å². The number of thiophene rings is 1. The third-order valence-electron chi connectivity index (χ3n) is 5.65. The Morgan fingerprint density at radius 3 is 2.67 bits per heavy atom. The van der Waals surface area contributed by atoms with Gasteiger partial charge in [-0.25, -0.2) is 22.1 Å². The van der Waals surface area contributed by atoms with Crippen LogP contribution in [0.4, 0.5) is 4.39 Å². The highest BCUT2D eigenvalue weighted by Crippen LogP contribution is 2.44. The Morgan fingerprint density at radius 2 is 2.03 bits per heavy atom. The third kappa shape index (κ3) is 2.97. The van der Waals surface area contributed by atoms with Crippen LogP contribution in [-0.4, -0.2) is 41.5 Å². The van der Waals surface area contributed by atoms with Crippen LogP contribution in [0.15, 0.2) is 35.6 Å². The molecular weight excluding hydrogens is 425 g/mol. The number of sulfonamides is 1. The molecule has 30 heavy (non-hydrogen) atoms. The summed E-state index contributed by atoms with van der Waals surface area (Å²) in [7, 11) is -2.36. The molecule has 5 rings (SSSR count). The Bertz CT molecular complexity index is 1300. The highest BCUT2D eigenvalue weighted by molar-refractivity contribution is 7.89. The third-order valence-corrected chi connectivity index (χ3v) is 9.04. The lowest BCUT2D eigenvalue weighted by molar-refractivity contribution is 0.467. The number of nitrogens with zero attached hydrogens (tertiary/aromatic N) is 4. The van der Waals surface area contributed by atoms with Crippen LogP contribution in [0.3, 0.4) is 0 Å². The molecule has 0 aromatic carbocycles. The van der Waals surface area contributed by atoms with E-state index in [0.717, 1.165) is 15.6 Å². The van der Waals surface area contributed by atoms with E-state index in [1.165, 1.54) is 31.2 Å². The van der Waals surface area contributed by atoms with Crippen molar-refractivity contribution in [3.05, 3.63) is 47.0 Å². The highest BCUT2D eigenvalue weighted by Gasteiger charge is 2.43. The average molecular weight is 446 g/mol. The summed E-state index contributed by atoms with van der Waals surface area (Å²) in [5.41, 5.74) is 7.00. The van der Waals surface area contributed by atoms with Gasteiger partial charge in [-0.3, -0.25) is 9.97 Å². The van der Waals surface area contributed by atoms with E-state index in [1.807, 2.05) is 12.1 Å². The number of guanidine groups is 1. The van der Waals surface area contributed by atoms with Crippen LogP contribution >= 0.6 is 11.3 Å². The second kappa shape index (κ2) is 6.45. The first-order valence-electron chi connectivity index (χ1n) is 9.55. The van der Waals surface area contributed by atoms with Crippen molar-refractivity contribution in [3.8, 4) is 11.3 Å². The highest BCUT2D eigenvalue weighted by atomic mass is 32.2. The topological polar surface area (TPSA) is 102 Å². The van der Waals surface area contributed by atoms with Gasteiger partial charge in [-0.1, -0.05) is 0 Å². The van der Waals surface area contributed by atoms with Gasteiger partial charge < -0.3 is 5.73 Å². The van der Waals surface area contributed by atoms with Crippen molar-refractivity contribution < 1.29 is 12.8 Å². The van der Waals surface area contributed by atoms with Crippen molar-refractivity contribution in [2.45, 2.75) is 31.2 Å². The van der Waals surface area contributed by atoms with Crippen LogP contribution < -0.4 is 5.73 Å². The zero-order valence-corrected chi connectivity index (χ0v) is 18.1. The fourth-order valence-electron chi connectivity index (χ4n) is 3.78. The molecule has 10 heteroatoms. The minimum atomic E-state index is -3.70. The van der Waals surface area contributed by atoms with Gasteiger partial charge in [0, 0.05) is 42.0 Å². The summed E-state index contributed by atoms with van der Waals surface area (Å²) < 4.78 is 42.1. The van der Waals surface area contributed by atoms with Crippen LogP contribution in [0.5, 0.6) is 0 Å². The van der Waals surface area contributed by atoms with Crippen LogP contribution in [0, 0.1) is 5.82 Å². The second-order valence-electron chi connectivity index (χ2n) is 8.00. The number of halogens is 1. The first kappa shape index (κ1) is 19.4. The molecule has 1 atom stereocenters. The number of pyridine rings is 2. The molecule has 3 aromatic rings. The summed E-state index contributed by atoms with van der Waals surface area (Å²) in [5.74, 6) is -0.455. The van der Waals surface area contributed by atoms with Gasteiger partial charge in [0.05, 0.1) is 21.0 Å². The zero-order chi connectivity index (χ0) is 21.3. The van der Waals surface area contributed by atoms with Gasteiger partial charge in [0.2, 0.25) is 16.0 Å². The van der Waals surface area contributed by atoms with E-state index in [1.54, 1.807) is 25.4 Å². The fourth-order valence-corrected chi connectivity index (χ4v) is 6.58. The quantitative estimate of drug-likeness (QED) is 0.667. The number of aromatic nitrogens is 2. The fraction of sp³-hybridized carbons (Fsp3) is 0.350. The maximum Gasteiger partial charge on any atom is 0.239 e. The molecule has 0 saturated heterocycles. The van der Waals surface area contributed by atoms with E-state index >= 15 is 4.39 Å². The number of fused-ring (bicyclic) bond motifs is 1. The van der Waals surface area contributed by atoms with Gasteiger partial charge in [-0.2, -0.15) is 0 Å². The van der Waals surface area contributed by atoms with Gasteiger partial charge in [-0.05, 0) is 38.0 Å². The van der Waals surface area contributed by atoms with E-state index in [4.69, 9.17) is 5.73 Å². The normalized spacial score (nSPS) is 23.6. The van der Waals surface area contributed by atoms with Gasteiger partial charge in [0.15, 0.2) is 0 Å². The molecule has 3 aromatic heterocycles. The van der Waals surface area contributed by atoms with Crippen LogP contribution in [0.2, 0.25) is 0 Å². The zero-order valence-electron chi connectivity index (χ0n) is 16.5. The Hall–Kier alpha value is -2.59. The van der Waals surface area contributed by atoms with E-state index in [0.29, 0.717) is 21.7 Å². The molecule has 0 unspecified atom stereocenters. The molecule has 2 N–H and O–H groups in total. The molecule has 4 heterocycles. The molecule has 1 aliphatic heterocycles. The lowest BCUT2D eigenvalue weighted by atomic mass is 10.0. The number of aliphatic imine (C=N–C) groups is 1. The Balaban J connectivity index is 1.65. The van der Waals surface area contributed by atoms with Crippen molar-refractivity contribution in [1.29, 1.82) is 0 Å². The molecule has 0 radical (unpaired) electrons. The Kier molecular flexibility index (Phi) is 4.17. The van der Waals surface area contributed by atoms with E-state index in [2.05, 4.69) is 15.0 Å². The number of rotatable bonds is 3. The first-order chi connectivity index (χ1) is 14.2. The molecule has 0 bridgehead atoms. The van der Waals surface area contributed by atoms with Crippen LogP contribution in [0.25, 0.3) is 21.3 Å². The smallest absolute Gasteiger partial charge is 0.239 e. The van der Waals surface area contributed by atoms with Crippen molar-refractivity contribution in [2.75, 3.05) is 12.8 Å². The second-order valence-corrected chi connectivity index (χ2v) is 11.0. The van der Waals surface area contributed by atoms with Crippen molar-refractivity contribution in [2.24, 2.45) is 10.7 Å². The summed E-state index contributed by atoms with van der Waals surface area (Å²) in [6.07, 6.45) is 5.65. The maximum atomic E-state index is 15.5. The lowest BCUT2D eigenvalue weighted by Gasteiger charge is -2.33. The number of hydrogen-bond donors (Lipinski definition) is 1. The first-order valence-corrected chi connectivity index (χ1v) is 12.0. The molecule has 1 saturated carbocycles. The van der Waals surface area contributed by atoms with Crippen molar-refractivity contribution in [3.63, 3.8) is 0 Å². The number of nitrogens with two attached hydrogens (primary N) is 1.